The standard InChI is InChI=1S/C18H17ClFNO3/c1-11-9-16(23-2)17(24-3)10-15(11)21-18(22)8-7-12-13(19)5-4-6-14(12)20/h4-10H,1-3H3,(H,21,22). The number of anilines is 1. The molecule has 0 aliphatic carbocycles. The van der Waals surface area contributed by atoms with Crippen LogP contribution in [0.2, 0.25) is 5.02 Å². The van der Waals surface area contributed by atoms with Gasteiger partial charge < -0.3 is 14.8 Å². The molecule has 6 heteroatoms. The molecule has 0 atom stereocenters. The summed E-state index contributed by atoms with van der Waals surface area (Å²) in [7, 11) is 3.05. The Morgan fingerprint density at radius 1 is 1.21 bits per heavy atom. The van der Waals surface area contributed by atoms with Crippen molar-refractivity contribution in [1.82, 2.24) is 0 Å². The van der Waals surface area contributed by atoms with Gasteiger partial charge in [-0.2, -0.15) is 0 Å². The van der Waals surface area contributed by atoms with E-state index < -0.39 is 11.7 Å². The normalized spacial score (nSPS) is 10.7. The number of amides is 1. The zero-order valence-electron chi connectivity index (χ0n) is 13.5. The quantitative estimate of drug-likeness (QED) is 0.811. The van der Waals surface area contributed by atoms with E-state index in [9.17, 15) is 9.18 Å². The molecule has 0 aliphatic rings. The first-order valence-electron chi connectivity index (χ1n) is 7.12. The van der Waals surface area contributed by atoms with E-state index in [2.05, 4.69) is 5.32 Å². The van der Waals surface area contributed by atoms with Crippen LogP contribution in [-0.2, 0) is 4.79 Å². The molecule has 0 spiro atoms. The summed E-state index contributed by atoms with van der Waals surface area (Å²) in [6.07, 6.45) is 2.56. The fourth-order valence-corrected chi connectivity index (χ4v) is 2.34. The summed E-state index contributed by atoms with van der Waals surface area (Å²) in [6, 6.07) is 7.76. The Morgan fingerprint density at radius 2 is 1.88 bits per heavy atom. The zero-order valence-corrected chi connectivity index (χ0v) is 14.3. The van der Waals surface area contributed by atoms with Crippen molar-refractivity contribution >= 4 is 29.3 Å². The highest BCUT2D eigenvalue weighted by Crippen LogP contribution is 2.32. The number of nitrogens with one attached hydrogen (secondary N) is 1. The Labute approximate surface area is 144 Å². The smallest absolute Gasteiger partial charge is 0.248 e. The molecule has 2 aromatic carbocycles. The van der Waals surface area contributed by atoms with E-state index in [1.54, 1.807) is 18.2 Å². The second kappa shape index (κ2) is 7.84. The zero-order chi connectivity index (χ0) is 17.7. The number of hydrogen-bond acceptors (Lipinski definition) is 3. The van der Waals surface area contributed by atoms with E-state index in [0.717, 1.165) is 5.56 Å². The Morgan fingerprint density at radius 3 is 2.50 bits per heavy atom. The van der Waals surface area contributed by atoms with Crippen LogP contribution in [0.3, 0.4) is 0 Å². The summed E-state index contributed by atoms with van der Waals surface area (Å²) in [5.74, 6) is 0.166. The lowest BCUT2D eigenvalue weighted by Crippen LogP contribution is -2.09. The summed E-state index contributed by atoms with van der Waals surface area (Å²) in [5, 5.41) is 2.96. The summed E-state index contributed by atoms with van der Waals surface area (Å²) in [4.78, 5) is 12.1. The number of carbonyl (C=O) groups is 1. The van der Waals surface area contributed by atoms with Gasteiger partial charge >= 0.3 is 0 Å². The maximum absolute atomic E-state index is 13.7. The van der Waals surface area contributed by atoms with Crippen molar-refractivity contribution in [2.75, 3.05) is 19.5 Å². The van der Waals surface area contributed by atoms with Crippen molar-refractivity contribution in [3.8, 4) is 11.5 Å². The Balaban J connectivity index is 2.20. The van der Waals surface area contributed by atoms with Crippen LogP contribution in [-0.4, -0.2) is 20.1 Å². The van der Waals surface area contributed by atoms with Gasteiger partial charge in [-0.25, -0.2) is 4.39 Å². The van der Waals surface area contributed by atoms with Crippen molar-refractivity contribution in [2.45, 2.75) is 6.92 Å². The van der Waals surface area contributed by atoms with E-state index in [4.69, 9.17) is 21.1 Å². The average molecular weight is 350 g/mol. The van der Waals surface area contributed by atoms with Gasteiger partial charge in [0.2, 0.25) is 5.91 Å². The predicted molar refractivity (Wildman–Crippen MR) is 93.4 cm³/mol. The lowest BCUT2D eigenvalue weighted by atomic mass is 10.1. The van der Waals surface area contributed by atoms with Crippen molar-refractivity contribution in [3.05, 3.63) is 58.4 Å². The van der Waals surface area contributed by atoms with Gasteiger partial charge in [-0.15, -0.1) is 0 Å². The molecule has 24 heavy (non-hydrogen) atoms. The molecule has 0 unspecified atom stereocenters. The van der Waals surface area contributed by atoms with Crippen LogP contribution < -0.4 is 14.8 Å². The van der Waals surface area contributed by atoms with Crippen LogP contribution in [0.25, 0.3) is 6.08 Å². The van der Waals surface area contributed by atoms with Gasteiger partial charge in [0.1, 0.15) is 5.82 Å². The fourth-order valence-electron chi connectivity index (χ4n) is 2.12. The van der Waals surface area contributed by atoms with Crippen LogP contribution >= 0.6 is 11.6 Å². The molecule has 126 valence electrons. The molecular weight excluding hydrogens is 333 g/mol. The molecule has 0 saturated heterocycles. The second-order valence-electron chi connectivity index (χ2n) is 4.98. The molecule has 2 aromatic rings. The third-order valence-corrected chi connectivity index (χ3v) is 3.72. The first-order chi connectivity index (χ1) is 11.5. The highest BCUT2D eigenvalue weighted by atomic mass is 35.5. The topological polar surface area (TPSA) is 47.6 Å². The molecule has 0 radical (unpaired) electrons. The molecule has 0 aromatic heterocycles. The lowest BCUT2D eigenvalue weighted by molar-refractivity contribution is -0.111. The van der Waals surface area contributed by atoms with Gasteiger partial charge in [-0.1, -0.05) is 17.7 Å². The average Bonchev–Trinajstić information content (AvgIpc) is 2.55. The summed E-state index contributed by atoms with van der Waals surface area (Å²) < 4.78 is 24.1. The Kier molecular flexibility index (Phi) is 5.82. The number of aryl methyl sites for hydroxylation is 1. The van der Waals surface area contributed by atoms with Crippen LogP contribution in [0.1, 0.15) is 11.1 Å². The first kappa shape index (κ1) is 17.8. The molecule has 1 N–H and O–H groups in total. The first-order valence-corrected chi connectivity index (χ1v) is 7.49. The van der Waals surface area contributed by atoms with E-state index in [0.29, 0.717) is 17.2 Å². The van der Waals surface area contributed by atoms with Crippen LogP contribution in [0.4, 0.5) is 10.1 Å². The molecule has 0 aliphatic heterocycles. The van der Waals surface area contributed by atoms with Crippen LogP contribution in [0.5, 0.6) is 11.5 Å². The lowest BCUT2D eigenvalue weighted by Gasteiger charge is -2.12. The van der Waals surface area contributed by atoms with E-state index in [1.165, 1.54) is 38.5 Å². The van der Waals surface area contributed by atoms with Crippen LogP contribution in [0.15, 0.2) is 36.4 Å². The fraction of sp³-hybridized carbons (Fsp3) is 0.167. The largest absolute Gasteiger partial charge is 0.493 e. The summed E-state index contributed by atoms with van der Waals surface area (Å²) in [5.41, 5.74) is 1.54. The number of benzene rings is 2. The number of carbonyl (C=O) groups excluding carboxylic acids is 1. The van der Waals surface area contributed by atoms with Gasteiger partial charge in [0.15, 0.2) is 11.5 Å². The number of rotatable bonds is 5. The minimum Gasteiger partial charge on any atom is -0.493 e. The maximum atomic E-state index is 13.7. The number of ether oxygens (including phenoxy) is 2. The van der Waals surface area contributed by atoms with Gasteiger partial charge in [-0.05, 0) is 36.8 Å². The highest BCUT2D eigenvalue weighted by molar-refractivity contribution is 6.32. The van der Waals surface area contributed by atoms with Crippen molar-refractivity contribution in [3.63, 3.8) is 0 Å². The van der Waals surface area contributed by atoms with Crippen molar-refractivity contribution < 1.29 is 18.7 Å². The maximum Gasteiger partial charge on any atom is 0.248 e. The van der Waals surface area contributed by atoms with Gasteiger partial charge in [-0.3, -0.25) is 4.79 Å². The molecule has 4 nitrogen and oxygen atoms in total. The van der Waals surface area contributed by atoms with E-state index >= 15 is 0 Å². The second-order valence-corrected chi connectivity index (χ2v) is 5.39. The summed E-state index contributed by atoms with van der Waals surface area (Å²) >= 11 is 5.92. The number of methoxy groups -OCH3 is 2. The summed E-state index contributed by atoms with van der Waals surface area (Å²) in [6.45, 7) is 1.83. The number of halogens is 2. The highest BCUT2D eigenvalue weighted by Gasteiger charge is 2.10. The third-order valence-electron chi connectivity index (χ3n) is 3.39. The Bertz CT molecular complexity index is 770. The molecule has 0 saturated carbocycles. The molecule has 0 heterocycles. The van der Waals surface area contributed by atoms with E-state index in [1.807, 2.05) is 6.92 Å². The molecular formula is C18H17ClFNO3. The van der Waals surface area contributed by atoms with Gasteiger partial charge in [0, 0.05) is 23.4 Å². The number of hydrogen-bond donors (Lipinski definition) is 1. The molecule has 2 rings (SSSR count). The SMILES string of the molecule is COc1cc(C)c(NC(=O)C=Cc2c(F)cccc2Cl)cc1OC. The monoisotopic (exact) mass is 349 g/mol. The van der Waals surface area contributed by atoms with E-state index in [-0.39, 0.29) is 10.6 Å². The van der Waals surface area contributed by atoms with Gasteiger partial charge in [0.05, 0.1) is 19.2 Å². The van der Waals surface area contributed by atoms with Gasteiger partial charge in [0.25, 0.3) is 0 Å². The molecule has 0 bridgehead atoms. The molecule has 1 amide bonds. The Hall–Kier alpha value is -2.53. The third kappa shape index (κ3) is 4.06. The minimum absolute atomic E-state index is 0.165. The van der Waals surface area contributed by atoms with Crippen LogP contribution in [0, 0.1) is 12.7 Å². The van der Waals surface area contributed by atoms with Crippen molar-refractivity contribution in [1.29, 1.82) is 0 Å². The van der Waals surface area contributed by atoms with Crippen molar-refractivity contribution in [2.24, 2.45) is 0 Å². The minimum atomic E-state index is -0.492. The predicted octanol–water partition coefficient (Wildman–Crippen LogP) is 4.46. The molecule has 0 fully saturated rings.